The van der Waals surface area contributed by atoms with Gasteiger partial charge in [-0.15, -0.1) is 0 Å². The van der Waals surface area contributed by atoms with E-state index in [0.29, 0.717) is 0 Å². The van der Waals surface area contributed by atoms with Crippen LogP contribution in [0.4, 0.5) is 5.69 Å². The number of aryl methyl sites for hydroxylation is 1. The molecule has 0 bridgehead atoms. The lowest BCUT2D eigenvalue weighted by molar-refractivity contribution is 1.09. The molecule has 0 aliphatic heterocycles. The average molecular weight is 278 g/mol. The molecule has 0 amide bonds. The van der Waals surface area contributed by atoms with Gasteiger partial charge in [-0.2, -0.15) is 5.10 Å². The monoisotopic (exact) mass is 278 g/mol. The van der Waals surface area contributed by atoms with Crippen molar-refractivity contribution in [3.8, 4) is 11.3 Å². The lowest BCUT2D eigenvalue weighted by Crippen LogP contribution is -2.00. The van der Waals surface area contributed by atoms with E-state index >= 15 is 0 Å². The van der Waals surface area contributed by atoms with E-state index in [4.69, 9.17) is 0 Å². The minimum Gasteiger partial charge on any atom is -0.381 e. The largest absolute Gasteiger partial charge is 0.381 e. The van der Waals surface area contributed by atoms with Crippen molar-refractivity contribution in [2.75, 3.05) is 5.32 Å². The maximum atomic E-state index is 4.15. The summed E-state index contributed by atoms with van der Waals surface area (Å²) in [5.74, 6) is 0. The molecule has 0 saturated heterocycles. The van der Waals surface area contributed by atoms with Crippen LogP contribution in [0.15, 0.2) is 55.0 Å². The van der Waals surface area contributed by atoms with Crippen LogP contribution in [0.2, 0.25) is 0 Å². The Bertz CT molecular complexity index is 704. The number of hydrogen-bond acceptors (Lipinski definition) is 3. The fourth-order valence-electron chi connectivity index (χ4n) is 2.30. The first-order valence-electron chi connectivity index (χ1n) is 7.12. The highest BCUT2D eigenvalue weighted by atomic mass is 15.1. The van der Waals surface area contributed by atoms with Crippen molar-refractivity contribution in [1.82, 2.24) is 15.2 Å². The first-order chi connectivity index (χ1) is 10.4. The maximum Gasteiger partial charge on any atom is 0.0715 e. The quantitative estimate of drug-likeness (QED) is 0.749. The predicted octanol–water partition coefficient (Wildman–Crippen LogP) is 3.65. The van der Waals surface area contributed by atoms with Gasteiger partial charge in [0, 0.05) is 35.8 Å². The molecule has 3 aromatic rings. The number of nitrogens with zero attached hydrogens (tertiary/aromatic N) is 2. The molecule has 21 heavy (non-hydrogen) atoms. The summed E-state index contributed by atoms with van der Waals surface area (Å²) in [7, 11) is 0. The van der Waals surface area contributed by atoms with Crippen LogP contribution in [0.5, 0.6) is 0 Å². The van der Waals surface area contributed by atoms with E-state index < -0.39 is 0 Å². The van der Waals surface area contributed by atoms with Gasteiger partial charge in [0.2, 0.25) is 0 Å². The van der Waals surface area contributed by atoms with Crippen molar-refractivity contribution in [3.63, 3.8) is 0 Å². The Morgan fingerprint density at radius 1 is 1.14 bits per heavy atom. The minimum atomic E-state index is 0.730. The third-order valence-electron chi connectivity index (χ3n) is 3.49. The van der Waals surface area contributed by atoms with Crippen molar-refractivity contribution < 1.29 is 0 Å². The fourth-order valence-corrected chi connectivity index (χ4v) is 2.30. The second-order valence-corrected chi connectivity index (χ2v) is 4.92. The number of benzene rings is 1. The lowest BCUT2D eigenvalue weighted by atomic mass is 10.1. The molecule has 0 fully saturated rings. The number of anilines is 1. The van der Waals surface area contributed by atoms with Gasteiger partial charge >= 0.3 is 0 Å². The molecule has 1 aromatic carbocycles. The molecule has 0 unspecified atom stereocenters. The van der Waals surface area contributed by atoms with E-state index in [2.05, 4.69) is 51.7 Å². The molecule has 4 nitrogen and oxygen atoms in total. The minimum absolute atomic E-state index is 0.730. The summed E-state index contributed by atoms with van der Waals surface area (Å²) in [6.45, 7) is 2.89. The molecule has 106 valence electrons. The number of aromatic nitrogens is 3. The SMILES string of the molecule is CCc1cccc(NCc2cn[nH]c2-c2cccnc2)c1. The highest BCUT2D eigenvalue weighted by Gasteiger charge is 2.07. The van der Waals surface area contributed by atoms with Crippen molar-refractivity contribution in [2.24, 2.45) is 0 Å². The van der Waals surface area contributed by atoms with Gasteiger partial charge in [-0.25, -0.2) is 0 Å². The van der Waals surface area contributed by atoms with E-state index in [-0.39, 0.29) is 0 Å². The first-order valence-corrected chi connectivity index (χ1v) is 7.12. The summed E-state index contributed by atoms with van der Waals surface area (Å²) in [5.41, 5.74) is 5.66. The predicted molar refractivity (Wildman–Crippen MR) is 85.0 cm³/mol. The van der Waals surface area contributed by atoms with Gasteiger partial charge in [0.05, 0.1) is 11.9 Å². The van der Waals surface area contributed by atoms with E-state index in [1.54, 1.807) is 6.20 Å². The smallest absolute Gasteiger partial charge is 0.0715 e. The van der Waals surface area contributed by atoms with Crippen molar-refractivity contribution in [2.45, 2.75) is 19.9 Å². The van der Waals surface area contributed by atoms with Gasteiger partial charge in [0.1, 0.15) is 0 Å². The summed E-state index contributed by atoms with van der Waals surface area (Å²) < 4.78 is 0. The summed E-state index contributed by atoms with van der Waals surface area (Å²) >= 11 is 0. The zero-order chi connectivity index (χ0) is 14.5. The average Bonchev–Trinajstić information content (AvgIpc) is 3.02. The topological polar surface area (TPSA) is 53.6 Å². The van der Waals surface area contributed by atoms with E-state index in [0.717, 1.165) is 35.5 Å². The highest BCUT2D eigenvalue weighted by Crippen LogP contribution is 2.21. The Balaban J connectivity index is 1.76. The van der Waals surface area contributed by atoms with Gasteiger partial charge in [-0.05, 0) is 36.2 Å². The Morgan fingerprint density at radius 3 is 2.90 bits per heavy atom. The Hall–Kier alpha value is -2.62. The number of nitrogens with one attached hydrogen (secondary N) is 2. The molecule has 0 aliphatic rings. The van der Waals surface area contributed by atoms with Gasteiger partial charge in [0.25, 0.3) is 0 Å². The molecule has 3 rings (SSSR count). The summed E-state index contributed by atoms with van der Waals surface area (Å²) in [5, 5.41) is 10.7. The molecule has 2 N–H and O–H groups in total. The molecular weight excluding hydrogens is 260 g/mol. The van der Waals surface area contributed by atoms with Crippen LogP contribution in [0.1, 0.15) is 18.1 Å². The molecule has 0 aliphatic carbocycles. The molecule has 0 saturated carbocycles. The Morgan fingerprint density at radius 2 is 2.10 bits per heavy atom. The third-order valence-corrected chi connectivity index (χ3v) is 3.49. The van der Waals surface area contributed by atoms with Crippen molar-refractivity contribution >= 4 is 5.69 Å². The Labute approximate surface area is 124 Å². The number of pyridine rings is 1. The van der Waals surface area contributed by atoms with Crippen molar-refractivity contribution in [1.29, 1.82) is 0 Å². The summed E-state index contributed by atoms with van der Waals surface area (Å²) in [6, 6.07) is 12.5. The van der Waals surface area contributed by atoms with Gasteiger partial charge in [-0.3, -0.25) is 10.1 Å². The molecule has 2 heterocycles. The van der Waals surface area contributed by atoms with E-state index in [1.807, 2.05) is 24.5 Å². The number of rotatable bonds is 5. The second kappa shape index (κ2) is 6.22. The van der Waals surface area contributed by atoms with Crippen LogP contribution in [0.3, 0.4) is 0 Å². The highest BCUT2D eigenvalue weighted by molar-refractivity contribution is 5.62. The van der Waals surface area contributed by atoms with E-state index in [9.17, 15) is 0 Å². The molecule has 4 heteroatoms. The van der Waals surface area contributed by atoms with Crippen LogP contribution >= 0.6 is 0 Å². The van der Waals surface area contributed by atoms with Crippen LogP contribution < -0.4 is 5.32 Å². The van der Waals surface area contributed by atoms with Crippen LogP contribution in [0, 0.1) is 0 Å². The van der Waals surface area contributed by atoms with Gasteiger partial charge in [-0.1, -0.05) is 19.1 Å². The zero-order valence-corrected chi connectivity index (χ0v) is 12.0. The van der Waals surface area contributed by atoms with Crippen molar-refractivity contribution in [3.05, 3.63) is 66.1 Å². The standard InChI is InChI=1S/C17H18N4/c1-2-13-5-3-7-16(9-13)19-11-15-12-20-21-17(15)14-6-4-8-18-10-14/h3-10,12,19H,2,11H2,1H3,(H,20,21). The zero-order valence-electron chi connectivity index (χ0n) is 12.0. The molecule has 0 spiro atoms. The van der Waals surface area contributed by atoms with Gasteiger partial charge in [0.15, 0.2) is 0 Å². The lowest BCUT2D eigenvalue weighted by Gasteiger charge is -2.08. The van der Waals surface area contributed by atoms with Crippen LogP contribution in [-0.2, 0) is 13.0 Å². The number of H-pyrrole nitrogens is 1. The van der Waals surface area contributed by atoms with Crippen LogP contribution in [-0.4, -0.2) is 15.2 Å². The number of hydrogen-bond donors (Lipinski definition) is 2. The third kappa shape index (κ3) is 3.11. The first kappa shape index (κ1) is 13.4. The van der Waals surface area contributed by atoms with Gasteiger partial charge < -0.3 is 5.32 Å². The molecule has 0 atom stereocenters. The molecule has 0 radical (unpaired) electrons. The molecule has 2 aromatic heterocycles. The van der Waals surface area contributed by atoms with E-state index in [1.165, 1.54) is 5.56 Å². The summed E-state index contributed by atoms with van der Waals surface area (Å²) in [6.07, 6.45) is 6.52. The number of aromatic amines is 1. The Kier molecular flexibility index (Phi) is 3.96. The van der Waals surface area contributed by atoms with Crippen LogP contribution in [0.25, 0.3) is 11.3 Å². The molecular formula is C17H18N4. The fraction of sp³-hybridized carbons (Fsp3) is 0.176. The second-order valence-electron chi connectivity index (χ2n) is 4.92. The normalized spacial score (nSPS) is 10.5. The maximum absolute atomic E-state index is 4.15. The summed E-state index contributed by atoms with van der Waals surface area (Å²) in [4.78, 5) is 4.15.